The van der Waals surface area contributed by atoms with Gasteiger partial charge in [-0.15, -0.1) is 0 Å². The lowest BCUT2D eigenvalue weighted by Crippen LogP contribution is -2.41. The van der Waals surface area contributed by atoms with Gasteiger partial charge in [-0.3, -0.25) is 9.59 Å². The predicted molar refractivity (Wildman–Crippen MR) is 130 cm³/mol. The van der Waals surface area contributed by atoms with Crippen LogP contribution in [0.25, 0.3) is 0 Å². The molecule has 1 aliphatic carbocycles. The number of rotatable bonds is 9. The number of nitrogens with zero attached hydrogens (tertiary/aromatic N) is 1. The van der Waals surface area contributed by atoms with Gasteiger partial charge in [0, 0.05) is 30.4 Å². The number of ether oxygens (including phenoxy) is 3. The summed E-state index contributed by atoms with van der Waals surface area (Å²) in [5, 5.41) is 2.60. The molecule has 0 radical (unpaired) electrons. The monoisotopic (exact) mass is 486 g/mol. The van der Waals surface area contributed by atoms with E-state index < -0.39 is 23.9 Å². The van der Waals surface area contributed by atoms with Gasteiger partial charge >= 0.3 is 11.9 Å². The van der Waals surface area contributed by atoms with E-state index in [-0.39, 0.29) is 35.6 Å². The molecule has 2 unspecified atom stereocenters. The third-order valence-corrected chi connectivity index (χ3v) is 6.46. The highest BCUT2D eigenvalue weighted by Gasteiger charge is 2.34. The second-order valence-electron chi connectivity index (χ2n) is 8.22. The summed E-state index contributed by atoms with van der Waals surface area (Å²) < 4.78 is 16.4. The van der Waals surface area contributed by atoms with E-state index in [1.54, 1.807) is 6.92 Å². The smallest absolute Gasteiger partial charge is 0.328 e. The van der Waals surface area contributed by atoms with Crippen molar-refractivity contribution in [3.05, 3.63) is 52.8 Å². The molecule has 1 aromatic heterocycles. The number of esters is 2. The van der Waals surface area contributed by atoms with Crippen molar-refractivity contribution < 1.29 is 28.6 Å². The second-order valence-corrected chi connectivity index (χ2v) is 9.20. The molecule has 3 rings (SSSR count). The zero-order valence-corrected chi connectivity index (χ0v) is 20.9. The molecule has 8 nitrogen and oxygen atoms in total. The Morgan fingerprint density at radius 2 is 2.03 bits per heavy atom. The van der Waals surface area contributed by atoms with E-state index in [1.807, 2.05) is 25.3 Å². The molecule has 1 aliphatic rings. The largest absolute Gasteiger partial charge is 0.493 e. The van der Waals surface area contributed by atoms with Gasteiger partial charge in [0.05, 0.1) is 13.5 Å². The fourth-order valence-corrected chi connectivity index (χ4v) is 4.44. The number of carbonyl (C=O) groups is 3. The molecule has 9 heteroatoms. The van der Waals surface area contributed by atoms with Crippen LogP contribution in [0.15, 0.2) is 30.5 Å². The Kier molecular flexibility index (Phi) is 8.55. The molecule has 0 spiro atoms. The molecule has 0 saturated carbocycles. The number of fused-ring (bicyclic) bond motifs is 1. The molecule has 1 heterocycles. The van der Waals surface area contributed by atoms with E-state index in [2.05, 4.69) is 23.3 Å². The van der Waals surface area contributed by atoms with Crippen molar-refractivity contribution in [3.8, 4) is 11.5 Å². The van der Waals surface area contributed by atoms with Crippen molar-refractivity contribution in [1.82, 2.24) is 10.3 Å². The summed E-state index contributed by atoms with van der Waals surface area (Å²) in [6.45, 7) is 5.63. The first kappa shape index (κ1) is 25.6. The topological polar surface area (TPSA) is 104 Å². The lowest BCUT2D eigenvalue weighted by Gasteiger charge is -2.21. The number of benzene rings is 1. The number of aryl methyl sites for hydroxylation is 1. The molecule has 3 atom stereocenters. The average Bonchev–Trinajstić information content (AvgIpc) is 3.13. The number of carbonyl (C=O) groups excluding carboxylic acids is 3. The van der Waals surface area contributed by atoms with Crippen LogP contribution in [0.4, 0.5) is 0 Å². The molecule has 1 amide bonds. The number of amides is 1. The number of aromatic nitrogens is 1. The highest BCUT2D eigenvalue weighted by Crippen LogP contribution is 2.37. The molecule has 0 bridgehead atoms. The van der Waals surface area contributed by atoms with Gasteiger partial charge in [-0.1, -0.05) is 25.1 Å². The summed E-state index contributed by atoms with van der Waals surface area (Å²) in [4.78, 5) is 41.9. The molecular formula is C25H30N2O6S. The van der Waals surface area contributed by atoms with Crippen LogP contribution in [-0.2, 0) is 20.7 Å². The Balaban J connectivity index is 1.68. The predicted octanol–water partition coefficient (Wildman–Crippen LogP) is 3.45. The standard InChI is InChI=1S/C25H30N2O6S/c1-14-7-6-8-17-13-19(15(2)21(14)17)32-25(30)16(3)27-24(29)22-23(18(31-4)9-11-26-22)33-20(28)10-12-34-5/h6-9,11,15-16,19H,10,12-13H2,1-5H3,(H,27,29)/t15?,16-,19?/m0/s1. The van der Waals surface area contributed by atoms with Crippen LogP contribution in [0.5, 0.6) is 11.5 Å². The second kappa shape index (κ2) is 11.4. The van der Waals surface area contributed by atoms with Gasteiger partial charge in [-0.2, -0.15) is 11.8 Å². The van der Waals surface area contributed by atoms with Crippen LogP contribution in [0.2, 0.25) is 0 Å². The number of hydrogen-bond acceptors (Lipinski definition) is 8. The van der Waals surface area contributed by atoms with Gasteiger partial charge in [0.1, 0.15) is 12.1 Å². The average molecular weight is 487 g/mol. The molecule has 1 aromatic carbocycles. The summed E-state index contributed by atoms with van der Waals surface area (Å²) in [5.41, 5.74) is 3.42. The van der Waals surface area contributed by atoms with Gasteiger partial charge in [-0.05, 0) is 36.8 Å². The maximum Gasteiger partial charge on any atom is 0.328 e. The van der Waals surface area contributed by atoms with Crippen molar-refractivity contribution in [1.29, 1.82) is 0 Å². The van der Waals surface area contributed by atoms with Crippen LogP contribution >= 0.6 is 11.8 Å². The van der Waals surface area contributed by atoms with Crippen LogP contribution in [0.3, 0.4) is 0 Å². The van der Waals surface area contributed by atoms with Crippen molar-refractivity contribution in [2.75, 3.05) is 19.1 Å². The molecule has 182 valence electrons. The Morgan fingerprint density at radius 3 is 2.71 bits per heavy atom. The quantitative estimate of drug-likeness (QED) is 0.538. The minimum atomic E-state index is -0.933. The molecule has 0 saturated heterocycles. The maximum absolute atomic E-state index is 12.9. The Hall–Kier alpha value is -3.07. The lowest BCUT2D eigenvalue weighted by atomic mass is 9.97. The zero-order chi connectivity index (χ0) is 24.8. The Morgan fingerprint density at radius 1 is 1.26 bits per heavy atom. The fourth-order valence-electron chi connectivity index (χ4n) is 4.07. The van der Waals surface area contributed by atoms with Gasteiger partial charge in [-0.25, -0.2) is 9.78 Å². The first-order valence-electron chi connectivity index (χ1n) is 11.1. The van der Waals surface area contributed by atoms with Gasteiger partial charge in [0.25, 0.3) is 5.91 Å². The molecule has 1 N–H and O–H groups in total. The Labute approximate surface area is 203 Å². The van der Waals surface area contributed by atoms with Crippen LogP contribution in [0.1, 0.15) is 53.4 Å². The van der Waals surface area contributed by atoms with Gasteiger partial charge in [0.15, 0.2) is 11.4 Å². The number of thioether (sulfide) groups is 1. The SMILES string of the molecule is COc1ccnc(C(=O)N[C@@H](C)C(=O)OC2Cc3cccc(C)c3C2C)c1OC(=O)CCSC. The van der Waals surface area contributed by atoms with Crippen LogP contribution in [-0.4, -0.2) is 54.1 Å². The summed E-state index contributed by atoms with van der Waals surface area (Å²) in [5.74, 6) is -0.964. The van der Waals surface area contributed by atoms with Crippen molar-refractivity contribution in [2.24, 2.45) is 0 Å². The molecule has 34 heavy (non-hydrogen) atoms. The van der Waals surface area contributed by atoms with Crippen molar-refractivity contribution in [3.63, 3.8) is 0 Å². The summed E-state index contributed by atoms with van der Waals surface area (Å²) >= 11 is 1.50. The van der Waals surface area contributed by atoms with Crippen molar-refractivity contribution in [2.45, 2.75) is 51.7 Å². The third-order valence-electron chi connectivity index (χ3n) is 5.85. The van der Waals surface area contributed by atoms with Crippen LogP contribution in [0, 0.1) is 6.92 Å². The van der Waals surface area contributed by atoms with E-state index in [9.17, 15) is 14.4 Å². The fraction of sp³-hybridized carbons (Fsp3) is 0.440. The minimum Gasteiger partial charge on any atom is -0.493 e. The van der Waals surface area contributed by atoms with Gasteiger partial charge in [0.2, 0.25) is 5.75 Å². The number of hydrogen-bond donors (Lipinski definition) is 1. The summed E-state index contributed by atoms with van der Waals surface area (Å²) in [6, 6.07) is 6.66. The first-order chi connectivity index (χ1) is 16.3. The van der Waals surface area contributed by atoms with E-state index in [1.165, 1.54) is 47.8 Å². The van der Waals surface area contributed by atoms with Gasteiger partial charge < -0.3 is 19.5 Å². The van der Waals surface area contributed by atoms with Crippen molar-refractivity contribution >= 4 is 29.6 Å². The van der Waals surface area contributed by atoms with E-state index >= 15 is 0 Å². The third kappa shape index (κ3) is 5.70. The first-order valence-corrected chi connectivity index (χ1v) is 12.5. The minimum absolute atomic E-state index is 0.0652. The van der Waals surface area contributed by atoms with Crippen LogP contribution < -0.4 is 14.8 Å². The highest BCUT2D eigenvalue weighted by atomic mass is 32.2. The number of nitrogens with one attached hydrogen (secondary N) is 1. The highest BCUT2D eigenvalue weighted by molar-refractivity contribution is 7.98. The number of pyridine rings is 1. The molecule has 0 aliphatic heterocycles. The van der Waals surface area contributed by atoms with E-state index in [4.69, 9.17) is 14.2 Å². The molecule has 2 aromatic rings. The lowest BCUT2D eigenvalue weighted by molar-refractivity contribution is -0.151. The Bertz CT molecular complexity index is 1070. The summed E-state index contributed by atoms with van der Waals surface area (Å²) in [6.07, 6.45) is 3.76. The molecule has 0 fully saturated rings. The normalized spacial score (nSPS) is 17.4. The van der Waals surface area contributed by atoms with E-state index in [0.717, 1.165) is 0 Å². The zero-order valence-electron chi connectivity index (χ0n) is 20.0. The number of methoxy groups -OCH3 is 1. The van der Waals surface area contributed by atoms with E-state index in [0.29, 0.717) is 12.2 Å². The maximum atomic E-state index is 12.9. The summed E-state index contributed by atoms with van der Waals surface area (Å²) in [7, 11) is 1.40. The molecular weight excluding hydrogens is 456 g/mol.